The van der Waals surface area contributed by atoms with Crippen LogP contribution >= 0.6 is 0 Å². The minimum Gasteiger partial charge on any atom is -0.306 e. The first kappa shape index (κ1) is 15.5. The van der Waals surface area contributed by atoms with Gasteiger partial charge < -0.3 is 9.80 Å². The Balaban J connectivity index is 2.14. The molecule has 0 amide bonds. The molecular weight excluding hydrogens is 222 g/mol. The van der Waals surface area contributed by atoms with Crippen LogP contribution in [0.15, 0.2) is 0 Å². The quantitative estimate of drug-likeness (QED) is 0.727. The van der Waals surface area contributed by atoms with E-state index in [-0.39, 0.29) is 5.41 Å². The highest BCUT2D eigenvalue weighted by Crippen LogP contribution is 2.21. The molecule has 0 aromatic rings. The summed E-state index contributed by atoms with van der Waals surface area (Å²) in [4.78, 5) is 4.87. The Bertz CT molecular complexity index is 272. The van der Waals surface area contributed by atoms with Crippen molar-refractivity contribution in [3.05, 3.63) is 0 Å². The van der Waals surface area contributed by atoms with E-state index in [1.165, 1.54) is 32.5 Å². The molecule has 0 saturated carbocycles. The highest BCUT2D eigenvalue weighted by Gasteiger charge is 2.19. The van der Waals surface area contributed by atoms with Crippen LogP contribution in [0.5, 0.6) is 0 Å². The van der Waals surface area contributed by atoms with Gasteiger partial charge in [-0.3, -0.25) is 0 Å². The van der Waals surface area contributed by atoms with Gasteiger partial charge >= 0.3 is 0 Å². The minimum absolute atomic E-state index is 0.158. The van der Waals surface area contributed by atoms with Gasteiger partial charge in [0.2, 0.25) is 0 Å². The summed E-state index contributed by atoms with van der Waals surface area (Å²) in [6, 6.07) is 2.38. The molecule has 3 heteroatoms. The molecule has 1 aliphatic rings. The third-order valence-electron chi connectivity index (χ3n) is 4.05. The van der Waals surface area contributed by atoms with Crippen LogP contribution in [0.3, 0.4) is 0 Å². The van der Waals surface area contributed by atoms with E-state index in [1.807, 2.05) is 13.8 Å². The van der Waals surface area contributed by atoms with E-state index in [0.717, 1.165) is 25.3 Å². The van der Waals surface area contributed by atoms with Crippen molar-refractivity contribution in [1.29, 1.82) is 5.26 Å². The maximum absolute atomic E-state index is 8.98. The number of likely N-dealkylation sites (tertiary alicyclic amines) is 1. The van der Waals surface area contributed by atoms with Crippen molar-refractivity contribution in [2.45, 2.75) is 39.5 Å². The van der Waals surface area contributed by atoms with Crippen molar-refractivity contribution in [2.75, 3.05) is 40.3 Å². The van der Waals surface area contributed by atoms with Crippen molar-refractivity contribution in [2.24, 2.45) is 11.3 Å². The summed E-state index contributed by atoms with van der Waals surface area (Å²) < 4.78 is 0. The fourth-order valence-electron chi connectivity index (χ4n) is 2.62. The predicted molar refractivity (Wildman–Crippen MR) is 76.3 cm³/mol. The highest BCUT2D eigenvalue weighted by molar-refractivity contribution is 4.91. The smallest absolute Gasteiger partial charge is 0.0683 e. The van der Waals surface area contributed by atoms with Crippen LogP contribution in [0.25, 0.3) is 0 Å². The number of nitrogens with zero attached hydrogens (tertiary/aromatic N) is 3. The first-order valence-electron chi connectivity index (χ1n) is 7.21. The van der Waals surface area contributed by atoms with Gasteiger partial charge in [0.05, 0.1) is 11.5 Å². The van der Waals surface area contributed by atoms with Crippen LogP contribution in [0, 0.1) is 22.7 Å². The minimum atomic E-state index is -0.158. The Kier molecular flexibility index (Phi) is 6.11. The number of piperidine rings is 1. The Morgan fingerprint density at radius 1 is 1.33 bits per heavy atom. The number of nitriles is 1. The molecule has 0 spiro atoms. The Morgan fingerprint density at radius 3 is 2.50 bits per heavy atom. The summed E-state index contributed by atoms with van der Waals surface area (Å²) in [5.41, 5.74) is -0.158. The summed E-state index contributed by atoms with van der Waals surface area (Å²) in [5, 5.41) is 8.98. The third kappa shape index (κ3) is 5.84. The second kappa shape index (κ2) is 7.11. The van der Waals surface area contributed by atoms with Crippen LogP contribution in [0.1, 0.15) is 39.5 Å². The third-order valence-corrected chi connectivity index (χ3v) is 4.05. The van der Waals surface area contributed by atoms with Crippen LogP contribution in [-0.4, -0.2) is 50.1 Å². The lowest BCUT2D eigenvalue weighted by Gasteiger charge is -2.31. The molecular formula is C15H29N3. The van der Waals surface area contributed by atoms with Gasteiger partial charge in [-0.15, -0.1) is 0 Å². The van der Waals surface area contributed by atoms with Crippen LogP contribution in [-0.2, 0) is 0 Å². The standard InChI is InChI=1S/C15H29N3/c1-15(2,13-16)8-5-9-18(4)12-14-6-10-17(3)11-7-14/h14H,5-12H2,1-4H3. The largest absolute Gasteiger partial charge is 0.306 e. The summed E-state index contributed by atoms with van der Waals surface area (Å²) in [6.07, 6.45) is 4.81. The molecule has 1 saturated heterocycles. The molecule has 0 bridgehead atoms. The average Bonchev–Trinajstić information content (AvgIpc) is 2.32. The van der Waals surface area contributed by atoms with Gasteiger partial charge in [0.1, 0.15) is 0 Å². The van der Waals surface area contributed by atoms with E-state index in [4.69, 9.17) is 5.26 Å². The molecule has 1 rings (SSSR count). The highest BCUT2D eigenvalue weighted by atomic mass is 15.1. The van der Waals surface area contributed by atoms with Crippen molar-refractivity contribution >= 4 is 0 Å². The van der Waals surface area contributed by atoms with Crippen molar-refractivity contribution in [3.63, 3.8) is 0 Å². The molecule has 0 unspecified atom stereocenters. The molecule has 0 aliphatic carbocycles. The molecule has 0 aromatic heterocycles. The zero-order valence-electron chi connectivity index (χ0n) is 12.6. The number of rotatable bonds is 6. The van der Waals surface area contributed by atoms with Gasteiger partial charge in [0.15, 0.2) is 0 Å². The lowest BCUT2D eigenvalue weighted by atomic mass is 9.89. The number of hydrogen-bond acceptors (Lipinski definition) is 3. The Morgan fingerprint density at radius 2 is 1.94 bits per heavy atom. The monoisotopic (exact) mass is 251 g/mol. The van der Waals surface area contributed by atoms with E-state index in [9.17, 15) is 0 Å². The Labute approximate surface area is 113 Å². The SMILES string of the molecule is CN1CCC(CN(C)CCCC(C)(C)C#N)CC1. The molecule has 104 valence electrons. The predicted octanol–water partition coefficient (Wildman–Crippen LogP) is 2.59. The molecule has 3 nitrogen and oxygen atoms in total. The van der Waals surface area contributed by atoms with Crippen LogP contribution in [0.2, 0.25) is 0 Å². The molecule has 0 N–H and O–H groups in total. The lowest BCUT2D eigenvalue weighted by Crippen LogP contribution is -2.36. The van der Waals surface area contributed by atoms with E-state index in [0.29, 0.717) is 0 Å². The second-order valence-electron chi connectivity index (χ2n) is 6.61. The Hall–Kier alpha value is -0.590. The van der Waals surface area contributed by atoms with Crippen LogP contribution in [0.4, 0.5) is 0 Å². The fourth-order valence-corrected chi connectivity index (χ4v) is 2.62. The topological polar surface area (TPSA) is 30.3 Å². The van der Waals surface area contributed by atoms with Gasteiger partial charge in [-0.2, -0.15) is 5.26 Å². The maximum atomic E-state index is 8.98. The number of hydrogen-bond donors (Lipinski definition) is 0. The fraction of sp³-hybridized carbons (Fsp3) is 0.933. The summed E-state index contributed by atoms with van der Waals surface area (Å²) >= 11 is 0. The molecule has 0 atom stereocenters. The molecule has 18 heavy (non-hydrogen) atoms. The van der Waals surface area contributed by atoms with Crippen molar-refractivity contribution < 1.29 is 0 Å². The van der Waals surface area contributed by atoms with Crippen molar-refractivity contribution in [1.82, 2.24) is 9.80 Å². The normalized spacial score (nSPS) is 19.1. The van der Waals surface area contributed by atoms with E-state index in [1.54, 1.807) is 0 Å². The lowest BCUT2D eigenvalue weighted by molar-refractivity contribution is 0.173. The van der Waals surface area contributed by atoms with E-state index < -0.39 is 0 Å². The zero-order valence-corrected chi connectivity index (χ0v) is 12.6. The maximum Gasteiger partial charge on any atom is 0.0683 e. The van der Waals surface area contributed by atoms with Gasteiger partial charge in [-0.1, -0.05) is 0 Å². The first-order chi connectivity index (χ1) is 8.43. The van der Waals surface area contributed by atoms with E-state index in [2.05, 4.69) is 30.0 Å². The van der Waals surface area contributed by atoms with Gasteiger partial charge in [0, 0.05) is 6.54 Å². The molecule has 1 aliphatic heterocycles. The average molecular weight is 251 g/mol. The summed E-state index contributed by atoms with van der Waals surface area (Å²) in [7, 11) is 4.43. The van der Waals surface area contributed by atoms with Gasteiger partial charge in [-0.05, 0) is 79.2 Å². The first-order valence-corrected chi connectivity index (χ1v) is 7.21. The van der Waals surface area contributed by atoms with E-state index >= 15 is 0 Å². The van der Waals surface area contributed by atoms with Crippen LogP contribution < -0.4 is 0 Å². The van der Waals surface area contributed by atoms with Gasteiger partial charge in [-0.25, -0.2) is 0 Å². The van der Waals surface area contributed by atoms with Gasteiger partial charge in [0.25, 0.3) is 0 Å². The molecule has 1 fully saturated rings. The second-order valence-corrected chi connectivity index (χ2v) is 6.61. The summed E-state index contributed by atoms with van der Waals surface area (Å²) in [6.45, 7) is 8.91. The molecule has 1 heterocycles. The van der Waals surface area contributed by atoms with Crippen molar-refractivity contribution in [3.8, 4) is 6.07 Å². The molecule has 0 aromatic carbocycles. The molecule has 0 radical (unpaired) electrons. The summed E-state index contributed by atoms with van der Waals surface area (Å²) in [5.74, 6) is 0.871. The zero-order chi connectivity index (χ0) is 13.6.